The predicted molar refractivity (Wildman–Crippen MR) is 87.3 cm³/mol. The molecule has 0 radical (unpaired) electrons. The molecule has 0 bridgehead atoms. The number of benzene rings is 2. The molecule has 2 aromatic rings. The molecule has 0 aliphatic heterocycles. The second-order valence-electron chi connectivity index (χ2n) is 6.10. The lowest BCUT2D eigenvalue weighted by atomic mass is 9.81. The van der Waals surface area contributed by atoms with Crippen LogP contribution < -0.4 is 5.32 Å². The zero-order valence-corrected chi connectivity index (χ0v) is 12.8. The van der Waals surface area contributed by atoms with Crippen molar-refractivity contribution in [3.8, 4) is 0 Å². The molecular weight excluding hydrogens is 242 g/mol. The summed E-state index contributed by atoms with van der Waals surface area (Å²) in [5.74, 6) is 0. The Bertz CT molecular complexity index is 511. The van der Waals surface area contributed by atoms with E-state index in [4.69, 9.17) is 0 Å². The average Bonchev–Trinajstić information content (AvgIpc) is 2.47. The van der Waals surface area contributed by atoms with Crippen molar-refractivity contribution in [2.75, 3.05) is 13.6 Å². The van der Waals surface area contributed by atoms with E-state index in [0.717, 1.165) is 19.4 Å². The first-order valence-electron chi connectivity index (χ1n) is 7.40. The Hall–Kier alpha value is -1.60. The number of hydrogen-bond donors (Lipinski definition) is 1. The van der Waals surface area contributed by atoms with Gasteiger partial charge in [-0.1, -0.05) is 68.4 Å². The van der Waals surface area contributed by atoms with E-state index in [0.29, 0.717) is 0 Å². The lowest BCUT2D eigenvalue weighted by Crippen LogP contribution is -2.23. The van der Waals surface area contributed by atoms with Crippen molar-refractivity contribution in [3.63, 3.8) is 0 Å². The first-order valence-corrected chi connectivity index (χ1v) is 7.40. The van der Waals surface area contributed by atoms with Gasteiger partial charge >= 0.3 is 0 Å². The van der Waals surface area contributed by atoms with Gasteiger partial charge in [-0.3, -0.25) is 0 Å². The highest BCUT2D eigenvalue weighted by Gasteiger charge is 2.19. The molecule has 0 fully saturated rings. The summed E-state index contributed by atoms with van der Waals surface area (Å²) in [7, 11) is 2.01. The number of rotatable bonds is 6. The van der Waals surface area contributed by atoms with Crippen molar-refractivity contribution >= 4 is 0 Å². The van der Waals surface area contributed by atoms with E-state index in [9.17, 15) is 0 Å². The van der Waals surface area contributed by atoms with Gasteiger partial charge in [0.05, 0.1) is 0 Å². The first-order chi connectivity index (χ1) is 9.62. The van der Waals surface area contributed by atoms with Crippen LogP contribution in [0.3, 0.4) is 0 Å². The van der Waals surface area contributed by atoms with E-state index in [1.807, 2.05) is 7.05 Å². The van der Waals surface area contributed by atoms with Crippen molar-refractivity contribution in [1.82, 2.24) is 5.32 Å². The van der Waals surface area contributed by atoms with E-state index in [1.165, 1.54) is 16.7 Å². The maximum atomic E-state index is 3.24. The minimum Gasteiger partial charge on any atom is -0.320 e. The molecule has 0 heterocycles. The standard InChI is InChI=1S/C19H25N/c1-19(2,13-14-20-3)18-11-9-17(10-12-18)15-16-7-5-4-6-8-16/h4-12,20H,13-15H2,1-3H3. The maximum Gasteiger partial charge on any atom is -0.00258 e. The Morgan fingerprint density at radius 1 is 0.850 bits per heavy atom. The minimum atomic E-state index is 0.230. The Balaban J connectivity index is 2.06. The maximum absolute atomic E-state index is 3.24. The molecule has 0 spiro atoms. The number of nitrogens with one attached hydrogen (secondary N) is 1. The molecule has 0 aromatic heterocycles. The van der Waals surface area contributed by atoms with E-state index < -0.39 is 0 Å². The summed E-state index contributed by atoms with van der Waals surface area (Å²) >= 11 is 0. The Kier molecular flexibility index (Phi) is 4.97. The van der Waals surface area contributed by atoms with Gasteiger partial charge in [-0.2, -0.15) is 0 Å². The van der Waals surface area contributed by atoms with Crippen molar-refractivity contribution in [2.45, 2.75) is 32.1 Å². The third-order valence-corrected chi connectivity index (χ3v) is 3.99. The lowest BCUT2D eigenvalue weighted by molar-refractivity contribution is 0.468. The van der Waals surface area contributed by atoms with Gasteiger partial charge in [0, 0.05) is 0 Å². The molecule has 0 atom stereocenters. The Labute approximate surface area is 123 Å². The van der Waals surface area contributed by atoms with E-state index in [-0.39, 0.29) is 5.41 Å². The smallest absolute Gasteiger partial charge is 0.00258 e. The van der Waals surface area contributed by atoms with Crippen LogP contribution in [0.5, 0.6) is 0 Å². The van der Waals surface area contributed by atoms with E-state index >= 15 is 0 Å². The van der Waals surface area contributed by atoms with Gasteiger partial charge < -0.3 is 5.32 Å². The van der Waals surface area contributed by atoms with Crippen molar-refractivity contribution < 1.29 is 0 Å². The SMILES string of the molecule is CNCCC(C)(C)c1ccc(Cc2ccccc2)cc1. The van der Waals surface area contributed by atoms with Gasteiger partial charge in [-0.15, -0.1) is 0 Å². The molecule has 1 heteroatoms. The van der Waals surface area contributed by atoms with Crippen LogP contribution in [0.25, 0.3) is 0 Å². The molecule has 106 valence electrons. The molecule has 0 saturated carbocycles. The molecular formula is C19H25N. The van der Waals surface area contributed by atoms with Crippen LogP contribution >= 0.6 is 0 Å². The van der Waals surface area contributed by atoms with Gasteiger partial charge in [0.15, 0.2) is 0 Å². The van der Waals surface area contributed by atoms with Crippen LogP contribution in [0.1, 0.15) is 37.0 Å². The average molecular weight is 267 g/mol. The van der Waals surface area contributed by atoms with Crippen LogP contribution in [0.4, 0.5) is 0 Å². The second-order valence-corrected chi connectivity index (χ2v) is 6.10. The molecule has 0 amide bonds. The fraction of sp³-hybridized carbons (Fsp3) is 0.368. The highest BCUT2D eigenvalue weighted by atomic mass is 14.8. The van der Waals surface area contributed by atoms with Gasteiger partial charge in [-0.25, -0.2) is 0 Å². The fourth-order valence-corrected chi connectivity index (χ4v) is 2.49. The summed E-state index contributed by atoms with van der Waals surface area (Å²) in [4.78, 5) is 0. The topological polar surface area (TPSA) is 12.0 Å². The summed E-state index contributed by atoms with van der Waals surface area (Å²) in [5, 5.41) is 3.24. The Morgan fingerprint density at radius 3 is 2.05 bits per heavy atom. The predicted octanol–water partition coefficient (Wildman–Crippen LogP) is 4.16. The molecule has 0 saturated heterocycles. The zero-order chi connectivity index (χ0) is 14.4. The molecule has 1 nitrogen and oxygen atoms in total. The third-order valence-electron chi connectivity index (χ3n) is 3.99. The highest BCUT2D eigenvalue weighted by Crippen LogP contribution is 2.27. The summed E-state index contributed by atoms with van der Waals surface area (Å²) in [5.41, 5.74) is 4.40. The number of hydrogen-bond acceptors (Lipinski definition) is 1. The summed E-state index contributed by atoms with van der Waals surface area (Å²) in [6, 6.07) is 19.7. The molecule has 0 aliphatic carbocycles. The Morgan fingerprint density at radius 2 is 1.45 bits per heavy atom. The van der Waals surface area contributed by atoms with Crippen LogP contribution in [0, 0.1) is 0 Å². The zero-order valence-electron chi connectivity index (χ0n) is 12.8. The molecule has 1 N–H and O–H groups in total. The summed E-state index contributed by atoms with van der Waals surface area (Å²) in [6.45, 7) is 5.69. The fourth-order valence-electron chi connectivity index (χ4n) is 2.49. The van der Waals surface area contributed by atoms with Crippen molar-refractivity contribution in [2.24, 2.45) is 0 Å². The van der Waals surface area contributed by atoms with Crippen LogP contribution in [0.15, 0.2) is 54.6 Å². The monoisotopic (exact) mass is 267 g/mol. The normalized spacial score (nSPS) is 11.6. The molecule has 2 rings (SSSR count). The van der Waals surface area contributed by atoms with Crippen LogP contribution in [0.2, 0.25) is 0 Å². The van der Waals surface area contributed by atoms with Crippen LogP contribution in [-0.4, -0.2) is 13.6 Å². The lowest BCUT2D eigenvalue weighted by Gasteiger charge is -2.25. The quantitative estimate of drug-likeness (QED) is 0.828. The molecule has 0 aliphatic rings. The van der Waals surface area contributed by atoms with Gasteiger partial charge in [0.1, 0.15) is 0 Å². The molecule has 20 heavy (non-hydrogen) atoms. The third kappa shape index (κ3) is 3.94. The largest absolute Gasteiger partial charge is 0.320 e. The first kappa shape index (κ1) is 14.8. The van der Waals surface area contributed by atoms with Gasteiger partial charge in [0.25, 0.3) is 0 Å². The van der Waals surface area contributed by atoms with Gasteiger partial charge in [-0.05, 0) is 48.5 Å². The van der Waals surface area contributed by atoms with E-state index in [2.05, 4.69) is 73.8 Å². The highest BCUT2D eigenvalue weighted by molar-refractivity contribution is 5.31. The van der Waals surface area contributed by atoms with Crippen molar-refractivity contribution in [3.05, 3.63) is 71.3 Å². The summed E-state index contributed by atoms with van der Waals surface area (Å²) < 4.78 is 0. The molecule has 2 aromatic carbocycles. The van der Waals surface area contributed by atoms with Gasteiger partial charge in [0.2, 0.25) is 0 Å². The van der Waals surface area contributed by atoms with Crippen molar-refractivity contribution in [1.29, 1.82) is 0 Å². The molecule has 0 unspecified atom stereocenters. The second kappa shape index (κ2) is 6.71. The van der Waals surface area contributed by atoms with Crippen LogP contribution in [-0.2, 0) is 11.8 Å². The summed E-state index contributed by atoms with van der Waals surface area (Å²) in [6.07, 6.45) is 2.17. The minimum absolute atomic E-state index is 0.230. The van der Waals surface area contributed by atoms with E-state index in [1.54, 1.807) is 0 Å².